The van der Waals surface area contributed by atoms with Gasteiger partial charge in [0.05, 0.1) is 5.69 Å². The van der Waals surface area contributed by atoms with Crippen molar-refractivity contribution in [2.75, 3.05) is 0 Å². The second-order valence-electron chi connectivity index (χ2n) is 5.87. The minimum Gasteiger partial charge on any atom is -0.295 e. The van der Waals surface area contributed by atoms with E-state index in [0.29, 0.717) is 23.6 Å². The van der Waals surface area contributed by atoms with Gasteiger partial charge in [-0.2, -0.15) is 0 Å². The second kappa shape index (κ2) is 5.72. The Hall–Kier alpha value is -2.10. The molecule has 21 heavy (non-hydrogen) atoms. The van der Waals surface area contributed by atoms with Crippen LogP contribution in [0.2, 0.25) is 0 Å². The summed E-state index contributed by atoms with van der Waals surface area (Å²) in [7, 11) is 0. The van der Waals surface area contributed by atoms with Crippen molar-refractivity contribution < 1.29 is 4.79 Å². The topological polar surface area (TPSA) is 54.9 Å². The number of para-hydroxylation sites is 1. The van der Waals surface area contributed by atoms with E-state index >= 15 is 0 Å². The van der Waals surface area contributed by atoms with Gasteiger partial charge >= 0.3 is 0 Å². The monoisotopic (exact) mass is 284 g/mol. The smallest absolute Gasteiger partial charge is 0.282 e. The van der Waals surface area contributed by atoms with Crippen LogP contribution in [0.15, 0.2) is 35.1 Å². The number of aromatic amines is 1. The molecule has 0 spiro atoms. The molecule has 1 N–H and O–H groups in total. The maximum Gasteiger partial charge on any atom is 0.282 e. The Balaban J connectivity index is 1.91. The standard InChI is InChI=1S/C17H20N2O2/c1-12-16(15(20)11-13-7-5-6-8-13)17(21)19(18-12)14-9-3-2-4-10-14/h2-4,9-10,13,18H,5-8,11H2,1H3. The average Bonchev–Trinajstić information content (AvgIpc) is 3.08. The van der Waals surface area contributed by atoms with Gasteiger partial charge in [0.25, 0.3) is 5.56 Å². The number of benzene rings is 1. The van der Waals surface area contributed by atoms with E-state index in [1.165, 1.54) is 17.5 Å². The number of aryl methyl sites for hydroxylation is 1. The van der Waals surface area contributed by atoms with E-state index < -0.39 is 0 Å². The van der Waals surface area contributed by atoms with Crippen molar-refractivity contribution in [2.45, 2.75) is 39.0 Å². The van der Waals surface area contributed by atoms with Crippen molar-refractivity contribution in [3.05, 3.63) is 51.9 Å². The predicted octanol–water partition coefficient (Wildman–Crippen LogP) is 3.24. The largest absolute Gasteiger partial charge is 0.295 e. The molecule has 0 amide bonds. The van der Waals surface area contributed by atoms with Gasteiger partial charge in [0.1, 0.15) is 5.56 Å². The van der Waals surface area contributed by atoms with Gasteiger partial charge in [0.15, 0.2) is 5.78 Å². The molecule has 1 fully saturated rings. The van der Waals surface area contributed by atoms with E-state index in [0.717, 1.165) is 18.5 Å². The number of aromatic nitrogens is 2. The van der Waals surface area contributed by atoms with Gasteiger partial charge in [-0.15, -0.1) is 0 Å². The molecular formula is C17H20N2O2. The van der Waals surface area contributed by atoms with Crippen molar-refractivity contribution in [3.63, 3.8) is 0 Å². The second-order valence-corrected chi connectivity index (χ2v) is 5.87. The maximum atomic E-state index is 12.5. The molecule has 1 aliphatic rings. The Kier molecular flexibility index (Phi) is 3.78. The Labute approximate surface area is 123 Å². The van der Waals surface area contributed by atoms with E-state index in [1.807, 2.05) is 30.3 Å². The number of hydrogen-bond donors (Lipinski definition) is 1. The fourth-order valence-corrected chi connectivity index (χ4v) is 3.21. The fourth-order valence-electron chi connectivity index (χ4n) is 3.21. The normalized spacial score (nSPS) is 15.5. The Morgan fingerprint density at radius 2 is 1.90 bits per heavy atom. The summed E-state index contributed by atoms with van der Waals surface area (Å²) in [6.45, 7) is 1.79. The number of hydrogen-bond acceptors (Lipinski definition) is 2. The zero-order chi connectivity index (χ0) is 14.8. The SMILES string of the molecule is Cc1[nH]n(-c2ccccc2)c(=O)c1C(=O)CC1CCCC1. The van der Waals surface area contributed by atoms with Crippen LogP contribution in [0.4, 0.5) is 0 Å². The van der Waals surface area contributed by atoms with Gasteiger partial charge in [-0.25, -0.2) is 4.68 Å². The van der Waals surface area contributed by atoms with Crippen LogP contribution in [0.1, 0.15) is 48.2 Å². The number of ketones is 1. The van der Waals surface area contributed by atoms with Crippen molar-refractivity contribution in [3.8, 4) is 5.69 Å². The highest BCUT2D eigenvalue weighted by molar-refractivity contribution is 5.97. The molecule has 1 saturated carbocycles. The lowest BCUT2D eigenvalue weighted by Crippen LogP contribution is -2.21. The molecule has 3 rings (SSSR count). The first kappa shape index (κ1) is 13.9. The summed E-state index contributed by atoms with van der Waals surface area (Å²) in [4.78, 5) is 25.0. The molecule has 4 nitrogen and oxygen atoms in total. The number of carbonyl (C=O) groups excluding carboxylic acids is 1. The summed E-state index contributed by atoms with van der Waals surface area (Å²) in [5.74, 6) is 0.437. The highest BCUT2D eigenvalue weighted by Crippen LogP contribution is 2.28. The lowest BCUT2D eigenvalue weighted by Gasteiger charge is -2.06. The molecule has 0 saturated heterocycles. The van der Waals surface area contributed by atoms with Crippen LogP contribution < -0.4 is 5.56 Å². The number of nitrogens with zero attached hydrogens (tertiary/aromatic N) is 1. The maximum absolute atomic E-state index is 12.5. The number of carbonyl (C=O) groups is 1. The van der Waals surface area contributed by atoms with Crippen LogP contribution in [0.5, 0.6) is 0 Å². The number of nitrogens with one attached hydrogen (secondary N) is 1. The van der Waals surface area contributed by atoms with Gasteiger partial charge in [0, 0.05) is 12.1 Å². The molecule has 0 bridgehead atoms. The van der Waals surface area contributed by atoms with E-state index in [4.69, 9.17) is 0 Å². The van der Waals surface area contributed by atoms with Gasteiger partial charge in [0.2, 0.25) is 0 Å². The van der Waals surface area contributed by atoms with Crippen LogP contribution in [-0.4, -0.2) is 15.6 Å². The third kappa shape index (κ3) is 2.71. The summed E-state index contributed by atoms with van der Waals surface area (Å²) < 4.78 is 1.46. The fraction of sp³-hybridized carbons (Fsp3) is 0.412. The first-order valence-corrected chi connectivity index (χ1v) is 7.57. The zero-order valence-corrected chi connectivity index (χ0v) is 12.3. The first-order valence-electron chi connectivity index (χ1n) is 7.57. The number of rotatable bonds is 4. The molecule has 4 heteroatoms. The molecule has 110 valence electrons. The minimum absolute atomic E-state index is 0.0182. The first-order chi connectivity index (χ1) is 10.2. The third-order valence-electron chi connectivity index (χ3n) is 4.31. The van der Waals surface area contributed by atoms with Gasteiger partial charge in [-0.05, 0) is 25.0 Å². The van der Waals surface area contributed by atoms with Crippen molar-refractivity contribution in [1.82, 2.24) is 9.78 Å². The van der Waals surface area contributed by atoms with Gasteiger partial charge < -0.3 is 0 Å². The van der Waals surface area contributed by atoms with Crippen LogP contribution in [0.3, 0.4) is 0 Å². The molecular weight excluding hydrogens is 264 g/mol. The Bertz CT molecular complexity index is 691. The molecule has 0 aliphatic heterocycles. The predicted molar refractivity (Wildman–Crippen MR) is 82.0 cm³/mol. The van der Waals surface area contributed by atoms with Crippen LogP contribution in [0.25, 0.3) is 5.69 Å². The zero-order valence-electron chi connectivity index (χ0n) is 12.3. The Morgan fingerprint density at radius 1 is 1.24 bits per heavy atom. The molecule has 1 aromatic carbocycles. The van der Waals surface area contributed by atoms with Crippen LogP contribution in [0, 0.1) is 12.8 Å². The third-order valence-corrected chi connectivity index (χ3v) is 4.31. The van der Waals surface area contributed by atoms with Crippen molar-refractivity contribution >= 4 is 5.78 Å². The van der Waals surface area contributed by atoms with E-state index in [9.17, 15) is 9.59 Å². The van der Waals surface area contributed by atoms with Crippen LogP contribution in [-0.2, 0) is 0 Å². The summed E-state index contributed by atoms with van der Waals surface area (Å²) in [6.07, 6.45) is 5.14. The van der Waals surface area contributed by atoms with E-state index in [1.54, 1.807) is 6.92 Å². The van der Waals surface area contributed by atoms with Gasteiger partial charge in [-0.3, -0.25) is 14.7 Å². The molecule has 0 radical (unpaired) electrons. The quantitative estimate of drug-likeness (QED) is 0.876. The summed E-state index contributed by atoms with van der Waals surface area (Å²) >= 11 is 0. The van der Waals surface area contributed by atoms with Crippen LogP contribution >= 0.6 is 0 Å². The Morgan fingerprint density at radius 3 is 2.57 bits per heavy atom. The molecule has 0 atom stereocenters. The van der Waals surface area contributed by atoms with E-state index in [2.05, 4.69) is 5.10 Å². The molecule has 1 heterocycles. The highest BCUT2D eigenvalue weighted by atomic mass is 16.2. The lowest BCUT2D eigenvalue weighted by molar-refractivity contribution is 0.0960. The summed E-state index contributed by atoms with van der Waals surface area (Å²) in [5, 5.41) is 3.02. The molecule has 1 aromatic heterocycles. The number of H-pyrrole nitrogens is 1. The minimum atomic E-state index is -0.235. The summed E-state index contributed by atoms with van der Waals surface area (Å²) in [5.41, 5.74) is 1.50. The molecule has 0 unspecified atom stereocenters. The molecule has 1 aliphatic carbocycles. The number of Topliss-reactive ketones (excluding diaryl/α,β-unsaturated/α-hetero) is 1. The van der Waals surface area contributed by atoms with Gasteiger partial charge in [-0.1, -0.05) is 43.9 Å². The van der Waals surface area contributed by atoms with Crippen molar-refractivity contribution in [2.24, 2.45) is 5.92 Å². The average molecular weight is 284 g/mol. The molecule has 2 aromatic rings. The highest BCUT2D eigenvalue weighted by Gasteiger charge is 2.24. The summed E-state index contributed by atoms with van der Waals surface area (Å²) in [6, 6.07) is 9.34. The van der Waals surface area contributed by atoms with E-state index in [-0.39, 0.29) is 11.3 Å². The lowest BCUT2D eigenvalue weighted by atomic mass is 9.97. The van der Waals surface area contributed by atoms with Crippen molar-refractivity contribution in [1.29, 1.82) is 0 Å².